The average molecular weight is 333 g/mol. The molecule has 1 aliphatic carbocycles. The summed E-state index contributed by atoms with van der Waals surface area (Å²) < 4.78 is 1.17. The molecule has 2 aliphatic rings. The van der Waals surface area contributed by atoms with Crippen molar-refractivity contribution >= 4 is 26.8 Å². The van der Waals surface area contributed by atoms with Crippen molar-refractivity contribution in [2.75, 3.05) is 13.1 Å². The number of nitrogens with zero attached hydrogens (tertiary/aromatic N) is 1. The van der Waals surface area contributed by atoms with E-state index in [0.717, 1.165) is 12.0 Å². The summed E-state index contributed by atoms with van der Waals surface area (Å²) in [5, 5.41) is 1.39. The highest BCUT2D eigenvalue weighted by Gasteiger charge is 2.31. The van der Waals surface area contributed by atoms with Crippen molar-refractivity contribution in [3.63, 3.8) is 0 Å². The first-order valence-electron chi connectivity index (χ1n) is 7.79. The minimum Gasteiger partial charge on any atom is -0.361 e. The van der Waals surface area contributed by atoms with Gasteiger partial charge in [0.25, 0.3) is 0 Å². The Morgan fingerprint density at radius 1 is 1.25 bits per heavy atom. The van der Waals surface area contributed by atoms with E-state index in [-0.39, 0.29) is 0 Å². The molecule has 1 saturated carbocycles. The highest BCUT2D eigenvalue weighted by Crippen LogP contribution is 2.33. The first kappa shape index (κ1) is 12.9. The zero-order valence-electron chi connectivity index (χ0n) is 11.7. The van der Waals surface area contributed by atoms with Crippen molar-refractivity contribution < 1.29 is 0 Å². The Morgan fingerprint density at radius 2 is 2.15 bits per heavy atom. The Labute approximate surface area is 128 Å². The molecule has 0 bridgehead atoms. The van der Waals surface area contributed by atoms with Crippen LogP contribution in [0.15, 0.2) is 28.9 Å². The van der Waals surface area contributed by atoms with Crippen LogP contribution in [-0.4, -0.2) is 29.0 Å². The predicted octanol–water partition coefficient (Wildman–Crippen LogP) is 4.35. The fourth-order valence-electron chi connectivity index (χ4n) is 3.57. The third kappa shape index (κ3) is 2.53. The Hall–Kier alpha value is -0.800. The predicted molar refractivity (Wildman–Crippen MR) is 87.0 cm³/mol. The van der Waals surface area contributed by atoms with Crippen LogP contribution in [0.1, 0.15) is 31.2 Å². The van der Waals surface area contributed by atoms with Crippen molar-refractivity contribution in [3.8, 4) is 0 Å². The zero-order valence-corrected chi connectivity index (χ0v) is 13.3. The van der Waals surface area contributed by atoms with Crippen LogP contribution in [0, 0.1) is 5.92 Å². The van der Waals surface area contributed by atoms with Crippen LogP contribution in [0.25, 0.3) is 10.9 Å². The highest BCUT2D eigenvalue weighted by molar-refractivity contribution is 9.10. The fraction of sp³-hybridized carbons (Fsp3) is 0.529. The van der Waals surface area contributed by atoms with Crippen LogP contribution in [-0.2, 0) is 6.42 Å². The molecule has 0 unspecified atom stereocenters. The van der Waals surface area contributed by atoms with Crippen molar-refractivity contribution in [1.82, 2.24) is 9.88 Å². The molecule has 3 heteroatoms. The van der Waals surface area contributed by atoms with Gasteiger partial charge in [-0.25, -0.2) is 0 Å². The lowest BCUT2D eigenvalue weighted by Gasteiger charge is -2.24. The number of benzene rings is 1. The normalized spacial score (nSPS) is 23.8. The summed E-state index contributed by atoms with van der Waals surface area (Å²) >= 11 is 3.59. The van der Waals surface area contributed by atoms with Crippen LogP contribution in [0.2, 0.25) is 0 Å². The quantitative estimate of drug-likeness (QED) is 0.881. The van der Waals surface area contributed by atoms with E-state index in [2.05, 4.69) is 50.2 Å². The highest BCUT2D eigenvalue weighted by atomic mass is 79.9. The molecule has 2 heterocycles. The van der Waals surface area contributed by atoms with E-state index in [1.807, 2.05) is 0 Å². The maximum absolute atomic E-state index is 3.59. The molecule has 0 spiro atoms. The van der Waals surface area contributed by atoms with E-state index in [1.165, 1.54) is 66.1 Å². The monoisotopic (exact) mass is 332 g/mol. The number of aromatic nitrogens is 1. The molecule has 0 radical (unpaired) electrons. The third-order valence-corrected chi connectivity index (χ3v) is 5.37. The van der Waals surface area contributed by atoms with Crippen LogP contribution >= 0.6 is 15.9 Å². The second-order valence-corrected chi connectivity index (χ2v) is 7.36. The van der Waals surface area contributed by atoms with Crippen LogP contribution in [0.4, 0.5) is 0 Å². The molecule has 2 nitrogen and oxygen atoms in total. The SMILES string of the molecule is Brc1ccc2[nH]cc(C[C@H]3CCCN3CC3CC3)c2c1. The summed E-state index contributed by atoms with van der Waals surface area (Å²) in [6.45, 7) is 2.66. The molecule has 0 amide bonds. The third-order valence-electron chi connectivity index (χ3n) is 4.87. The maximum atomic E-state index is 3.59. The number of hydrogen-bond donors (Lipinski definition) is 1. The van der Waals surface area contributed by atoms with Gasteiger partial charge in [0, 0.05) is 34.2 Å². The molecule has 1 atom stereocenters. The van der Waals surface area contributed by atoms with E-state index in [1.54, 1.807) is 0 Å². The standard InChI is InChI=1S/C17H21BrN2/c18-14-5-6-17-16(9-14)13(10-19-17)8-15-2-1-7-20(15)11-12-3-4-12/h5-6,9-10,12,15,19H,1-4,7-8,11H2/t15-/m1/s1. The summed E-state index contributed by atoms with van der Waals surface area (Å²) in [4.78, 5) is 6.16. The summed E-state index contributed by atoms with van der Waals surface area (Å²) in [6, 6.07) is 7.28. The van der Waals surface area contributed by atoms with Gasteiger partial charge in [-0.1, -0.05) is 15.9 Å². The topological polar surface area (TPSA) is 19.0 Å². The van der Waals surface area contributed by atoms with Crippen LogP contribution in [0.3, 0.4) is 0 Å². The molecule has 4 rings (SSSR count). The minimum absolute atomic E-state index is 0.758. The first-order chi connectivity index (χ1) is 9.79. The second kappa shape index (κ2) is 5.19. The molecule has 20 heavy (non-hydrogen) atoms. The molecule has 1 aromatic heterocycles. The Morgan fingerprint density at radius 3 is 3.00 bits per heavy atom. The number of rotatable bonds is 4. The molecule has 2 aromatic rings. The lowest BCUT2D eigenvalue weighted by molar-refractivity contribution is 0.243. The van der Waals surface area contributed by atoms with E-state index >= 15 is 0 Å². The van der Waals surface area contributed by atoms with Gasteiger partial charge < -0.3 is 4.98 Å². The van der Waals surface area contributed by atoms with E-state index < -0.39 is 0 Å². The molecule has 2 fully saturated rings. The second-order valence-electron chi connectivity index (χ2n) is 6.44. The van der Waals surface area contributed by atoms with Crippen molar-refractivity contribution in [2.45, 2.75) is 38.1 Å². The fourth-order valence-corrected chi connectivity index (χ4v) is 3.93. The summed E-state index contributed by atoms with van der Waals surface area (Å²) in [7, 11) is 0. The van der Waals surface area contributed by atoms with Gasteiger partial charge in [0.05, 0.1) is 0 Å². The van der Waals surface area contributed by atoms with Gasteiger partial charge in [-0.05, 0) is 68.3 Å². The van der Waals surface area contributed by atoms with Crippen LogP contribution in [0.5, 0.6) is 0 Å². The van der Waals surface area contributed by atoms with Gasteiger partial charge >= 0.3 is 0 Å². The first-order valence-corrected chi connectivity index (χ1v) is 8.58. The smallest absolute Gasteiger partial charge is 0.0457 e. The lowest BCUT2D eigenvalue weighted by atomic mass is 10.0. The number of nitrogens with one attached hydrogen (secondary N) is 1. The van der Waals surface area contributed by atoms with Gasteiger partial charge in [-0.3, -0.25) is 4.90 Å². The van der Waals surface area contributed by atoms with Gasteiger partial charge in [0.1, 0.15) is 0 Å². The zero-order chi connectivity index (χ0) is 13.5. The molecule has 1 aromatic carbocycles. The van der Waals surface area contributed by atoms with Crippen molar-refractivity contribution in [3.05, 3.63) is 34.4 Å². The van der Waals surface area contributed by atoms with Gasteiger partial charge in [-0.2, -0.15) is 0 Å². The number of aromatic amines is 1. The molecule has 106 valence electrons. The van der Waals surface area contributed by atoms with E-state index in [0.29, 0.717) is 0 Å². The minimum atomic E-state index is 0.758. The molecular weight excluding hydrogens is 312 g/mol. The summed E-state index contributed by atoms with van der Waals surface area (Å²) in [5.74, 6) is 1.01. The Kier molecular flexibility index (Phi) is 3.35. The molecule has 1 saturated heterocycles. The van der Waals surface area contributed by atoms with Gasteiger partial charge in [-0.15, -0.1) is 0 Å². The average Bonchev–Trinajstić information content (AvgIpc) is 3.02. The van der Waals surface area contributed by atoms with E-state index in [9.17, 15) is 0 Å². The Bertz CT molecular complexity index is 614. The maximum Gasteiger partial charge on any atom is 0.0457 e. The molecular formula is C17H21BrN2. The number of halogens is 1. The number of fused-ring (bicyclic) bond motifs is 1. The van der Waals surface area contributed by atoms with E-state index in [4.69, 9.17) is 0 Å². The lowest BCUT2D eigenvalue weighted by Crippen LogP contribution is -2.32. The summed E-state index contributed by atoms with van der Waals surface area (Å²) in [6.07, 6.45) is 9.08. The van der Waals surface area contributed by atoms with Gasteiger partial charge in [0.2, 0.25) is 0 Å². The molecule has 1 N–H and O–H groups in total. The molecule has 1 aliphatic heterocycles. The Balaban J connectivity index is 1.55. The summed E-state index contributed by atoms with van der Waals surface area (Å²) in [5.41, 5.74) is 2.74. The number of likely N-dealkylation sites (tertiary alicyclic amines) is 1. The largest absolute Gasteiger partial charge is 0.361 e. The van der Waals surface area contributed by atoms with Crippen molar-refractivity contribution in [1.29, 1.82) is 0 Å². The van der Waals surface area contributed by atoms with Gasteiger partial charge in [0.15, 0.2) is 0 Å². The number of hydrogen-bond acceptors (Lipinski definition) is 1. The van der Waals surface area contributed by atoms with Crippen molar-refractivity contribution in [2.24, 2.45) is 5.92 Å². The number of H-pyrrole nitrogens is 1. The van der Waals surface area contributed by atoms with Crippen LogP contribution < -0.4 is 0 Å².